The maximum Gasteiger partial charge on any atom is 0.220 e. The smallest absolute Gasteiger partial charge is 0.220 e. The fraction of sp³-hybridized carbons (Fsp3) is 0.286. The first-order chi connectivity index (χ1) is 13.1. The third-order valence-electron chi connectivity index (χ3n) is 4.98. The van der Waals surface area contributed by atoms with Gasteiger partial charge in [0.05, 0.1) is 12.6 Å². The highest BCUT2D eigenvalue weighted by molar-refractivity contribution is 5.96. The number of carbonyl (C=O) groups excluding carboxylic acids is 1. The number of benzene rings is 2. The highest BCUT2D eigenvalue weighted by Gasteiger charge is 2.27. The molecule has 0 radical (unpaired) electrons. The van der Waals surface area contributed by atoms with Crippen molar-refractivity contribution in [1.82, 2.24) is 10.6 Å². The van der Waals surface area contributed by atoms with Crippen molar-refractivity contribution in [3.8, 4) is 11.1 Å². The summed E-state index contributed by atoms with van der Waals surface area (Å²) in [7, 11) is 0. The molecule has 2 aromatic carbocycles. The fourth-order valence-electron chi connectivity index (χ4n) is 3.58. The van der Waals surface area contributed by atoms with E-state index in [1.165, 1.54) is 12.1 Å². The van der Waals surface area contributed by atoms with Crippen molar-refractivity contribution in [1.29, 1.82) is 0 Å². The van der Waals surface area contributed by atoms with Crippen LogP contribution >= 0.6 is 0 Å². The molecule has 3 N–H and O–H groups in total. The van der Waals surface area contributed by atoms with Crippen molar-refractivity contribution in [2.75, 3.05) is 13.1 Å². The lowest BCUT2D eigenvalue weighted by Crippen LogP contribution is -2.29. The van der Waals surface area contributed by atoms with Crippen LogP contribution in [0.5, 0.6) is 0 Å². The Labute approximate surface area is 156 Å². The second-order valence-electron chi connectivity index (χ2n) is 6.87. The Morgan fingerprint density at radius 1 is 1.22 bits per heavy atom. The standard InChI is InChI=1S/C21H21FN2O3/c22-15-6-7-18-16(9-15)21(13-4-2-1-3-5-13)19(27-18)12-24-20(26)8-14-10-23-11-17(14)25/h1-7,9,14,17,23,25H,8,10-12H2,(H,24,26)/t14-,17-/m1/s1. The van der Waals surface area contributed by atoms with Crippen LogP contribution in [-0.2, 0) is 11.3 Å². The largest absolute Gasteiger partial charge is 0.459 e. The number of hydrogen-bond acceptors (Lipinski definition) is 4. The number of nitrogens with one attached hydrogen (secondary N) is 2. The summed E-state index contributed by atoms with van der Waals surface area (Å²) in [5.74, 6) is 0.0239. The molecule has 0 saturated carbocycles. The van der Waals surface area contributed by atoms with E-state index in [9.17, 15) is 14.3 Å². The van der Waals surface area contributed by atoms with Gasteiger partial charge in [-0.2, -0.15) is 0 Å². The van der Waals surface area contributed by atoms with Gasteiger partial charge in [0.1, 0.15) is 17.2 Å². The molecule has 0 bridgehead atoms. The van der Waals surface area contributed by atoms with Gasteiger partial charge in [-0.3, -0.25) is 4.79 Å². The van der Waals surface area contributed by atoms with Gasteiger partial charge in [-0.15, -0.1) is 0 Å². The quantitative estimate of drug-likeness (QED) is 0.647. The van der Waals surface area contributed by atoms with E-state index in [-0.39, 0.29) is 30.6 Å². The number of aliphatic hydroxyl groups is 1. The van der Waals surface area contributed by atoms with Crippen molar-refractivity contribution >= 4 is 16.9 Å². The molecule has 1 aliphatic rings. The normalized spacial score (nSPS) is 19.5. The minimum atomic E-state index is -0.496. The van der Waals surface area contributed by atoms with Crippen LogP contribution in [-0.4, -0.2) is 30.2 Å². The number of amides is 1. The van der Waals surface area contributed by atoms with Gasteiger partial charge in [-0.25, -0.2) is 4.39 Å². The van der Waals surface area contributed by atoms with Crippen LogP contribution in [0, 0.1) is 11.7 Å². The summed E-state index contributed by atoms with van der Waals surface area (Å²) < 4.78 is 19.7. The summed E-state index contributed by atoms with van der Waals surface area (Å²) in [4.78, 5) is 12.3. The number of β-amino-alcohol motifs (C(OH)–C–C–N with tert-alkyl or cyclic N) is 1. The van der Waals surface area contributed by atoms with Gasteiger partial charge in [0.25, 0.3) is 0 Å². The molecule has 6 heteroatoms. The Hall–Kier alpha value is -2.70. The van der Waals surface area contributed by atoms with Gasteiger partial charge in [-0.05, 0) is 23.8 Å². The Morgan fingerprint density at radius 3 is 2.78 bits per heavy atom. The Balaban J connectivity index is 1.58. The van der Waals surface area contributed by atoms with Crippen LogP contribution in [0.4, 0.5) is 4.39 Å². The van der Waals surface area contributed by atoms with E-state index in [2.05, 4.69) is 10.6 Å². The minimum absolute atomic E-state index is 0.0802. The summed E-state index contributed by atoms with van der Waals surface area (Å²) in [6, 6.07) is 14.0. The zero-order valence-corrected chi connectivity index (χ0v) is 14.7. The average Bonchev–Trinajstić information content (AvgIpc) is 3.23. The summed E-state index contributed by atoms with van der Waals surface area (Å²) in [5, 5.41) is 16.5. The van der Waals surface area contributed by atoms with Crippen LogP contribution in [0.15, 0.2) is 52.9 Å². The van der Waals surface area contributed by atoms with Gasteiger partial charge in [0, 0.05) is 36.4 Å². The Bertz CT molecular complexity index is 955. The summed E-state index contributed by atoms with van der Waals surface area (Å²) in [5.41, 5.74) is 2.27. The maximum absolute atomic E-state index is 13.8. The monoisotopic (exact) mass is 368 g/mol. The number of carbonyl (C=O) groups is 1. The van der Waals surface area contributed by atoms with Crippen LogP contribution in [0.1, 0.15) is 12.2 Å². The van der Waals surface area contributed by atoms with Gasteiger partial charge in [0.15, 0.2) is 0 Å². The van der Waals surface area contributed by atoms with Crippen molar-refractivity contribution in [2.45, 2.75) is 19.1 Å². The molecule has 0 spiro atoms. The maximum atomic E-state index is 13.8. The average molecular weight is 368 g/mol. The third-order valence-corrected chi connectivity index (χ3v) is 4.98. The molecular formula is C21H21FN2O3. The lowest BCUT2D eigenvalue weighted by atomic mass is 10.0. The van der Waals surface area contributed by atoms with E-state index >= 15 is 0 Å². The van der Waals surface area contributed by atoms with Crippen LogP contribution < -0.4 is 10.6 Å². The van der Waals surface area contributed by atoms with E-state index in [4.69, 9.17) is 4.42 Å². The molecule has 3 aromatic rings. The van der Waals surface area contributed by atoms with Crippen LogP contribution in [0.2, 0.25) is 0 Å². The molecule has 1 fully saturated rings. The molecule has 2 atom stereocenters. The van der Waals surface area contributed by atoms with Crippen molar-refractivity contribution in [3.05, 3.63) is 60.1 Å². The Morgan fingerprint density at radius 2 is 2.04 bits per heavy atom. The van der Waals surface area contributed by atoms with Crippen LogP contribution in [0.25, 0.3) is 22.1 Å². The lowest BCUT2D eigenvalue weighted by Gasteiger charge is -2.13. The zero-order chi connectivity index (χ0) is 18.8. The highest BCUT2D eigenvalue weighted by atomic mass is 19.1. The van der Waals surface area contributed by atoms with Gasteiger partial charge in [-0.1, -0.05) is 30.3 Å². The Kier molecular flexibility index (Phi) is 4.92. The topological polar surface area (TPSA) is 74.5 Å². The molecule has 2 heterocycles. The number of furan rings is 1. The number of aliphatic hydroxyl groups excluding tert-OH is 1. The summed E-state index contributed by atoms with van der Waals surface area (Å²) in [6.45, 7) is 1.36. The lowest BCUT2D eigenvalue weighted by molar-refractivity contribution is -0.122. The number of halogens is 1. The first kappa shape index (κ1) is 17.7. The van der Waals surface area contributed by atoms with E-state index < -0.39 is 6.10 Å². The predicted molar refractivity (Wildman–Crippen MR) is 100 cm³/mol. The molecule has 1 amide bonds. The molecule has 0 unspecified atom stereocenters. The summed E-state index contributed by atoms with van der Waals surface area (Å²) in [6.07, 6.45) is -0.242. The molecule has 1 aliphatic heterocycles. The van der Waals surface area contributed by atoms with Crippen molar-refractivity contribution < 1.29 is 18.7 Å². The second-order valence-corrected chi connectivity index (χ2v) is 6.87. The molecule has 1 aromatic heterocycles. The second kappa shape index (κ2) is 7.50. The van der Waals surface area contributed by atoms with E-state index in [1.54, 1.807) is 6.07 Å². The molecule has 27 heavy (non-hydrogen) atoms. The number of hydrogen-bond donors (Lipinski definition) is 3. The molecule has 0 aliphatic carbocycles. The molecular weight excluding hydrogens is 347 g/mol. The van der Waals surface area contributed by atoms with Crippen LogP contribution in [0.3, 0.4) is 0 Å². The molecule has 1 saturated heterocycles. The van der Waals surface area contributed by atoms with E-state index in [0.29, 0.717) is 29.8 Å². The van der Waals surface area contributed by atoms with Crippen molar-refractivity contribution in [2.24, 2.45) is 5.92 Å². The molecule has 5 nitrogen and oxygen atoms in total. The fourth-order valence-corrected chi connectivity index (χ4v) is 3.58. The number of rotatable bonds is 5. The molecule has 140 valence electrons. The van der Waals surface area contributed by atoms with Gasteiger partial charge < -0.3 is 20.2 Å². The third kappa shape index (κ3) is 3.72. The van der Waals surface area contributed by atoms with E-state index in [1.807, 2.05) is 30.3 Å². The molecule has 4 rings (SSSR count). The van der Waals surface area contributed by atoms with Crippen molar-refractivity contribution in [3.63, 3.8) is 0 Å². The van der Waals surface area contributed by atoms with Gasteiger partial charge in [0.2, 0.25) is 5.91 Å². The first-order valence-electron chi connectivity index (χ1n) is 9.03. The van der Waals surface area contributed by atoms with E-state index in [0.717, 1.165) is 11.1 Å². The number of fused-ring (bicyclic) bond motifs is 1. The minimum Gasteiger partial charge on any atom is -0.459 e. The highest BCUT2D eigenvalue weighted by Crippen LogP contribution is 2.35. The predicted octanol–water partition coefficient (Wildman–Crippen LogP) is 2.83. The summed E-state index contributed by atoms with van der Waals surface area (Å²) >= 11 is 0. The zero-order valence-electron chi connectivity index (χ0n) is 14.7. The van der Waals surface area contributed by atoms with Gasteiger partial charge >= 0.3 is 0 Å². The SMILES string of the molecule is O=C(C[C@@H]1CNC[C@H]1O)NCc1oc2ccc(F)cc2c1-c1ccccc1. The first-order valence-corrected chi connectivity index (χ1v) is 9.03.